The lowest BCUT2D eigenvalue weighted by atomic mass is 10.3. The fraction of sp³-hybridized carbons (Fsp3) is 0.545. The first-order valence-electron chi connectivity index (χ1n) is 5.95. The van der Waals surface area contributed by atoms with E-state index in [4.69, 9.17) is 9.84 Å². The molecule has 1 fully saturated rings. The summed E-state index contributed by atoms with van der Waals surface area (Å²) in [6, 6.07) is 0. The molecule has 7 nitrogen and oxygen atoms in total. The molecular formula is C11H15N3O4S. The maximum Gasteiger partial charge on any atom is 0.347 e. The van der Waals surface area contributed by atoms with E-state index in [9.17, 15) is 9.59 Å². The van der Waals surface area contributed by atoms with Crippen molar-refractivity contribution < 1.29 is 19.4 Å². The molecule has 0 spiro atoms. The summed E-state index contributed by atoms with van der Waals surface area (Å²) in [6.45, 7) is 2.91. The molecule has 1 aromatic heterocycles. The second-order valence-electron chi connectivity index (χ2n) is 4.00. The Morgan fingerprint density at radius 1 is 1.47 bits per heavy atom. The molecule has 1 aromatic rings. The minimum atomic E-state index is -0.991. The zero-order chi connectivity index (χ0) is 13.7. The Hall–Kier alpha value is -1.67. The van der Waals surface area contributed by atoms with Crippen LogP contribution < -0.4 is 5.32 Å². The third kappa shape index (κ3) is 3.90. The van der Waals surface area contributed by atoms with Crippen LogP contribution in [0.3, 0.4) is 0 Å². The molecule has 19 heavy (non-hydrogen) atoms. The highest BCUT2D eigenvalue weighted by molar-refractivity contribution is 7.17. The summed E-state index contributed by atoms with van der Waals surface area (Å²) in [5.74, 6) is -0.916. The normalized spacial score (nSPS) is 15.3. The van der Waals surface area contributed by atoms with Crippen molar-refractivity contribution in [1.82, 2.24) is 9.88 Å². The Balaban J connectivity index is 1.73. The highest BCUT2D eigenvalue weighted by atomic mass is 32.1. The molecule has 0 unspecified atom stereocenters. The molecule has 0 saturated carbocycles. The van der Waals surface area contributed by atoms with Crippen LogP contribution >= 0.6 is 11.3 Å². The van der Waals surface area contributed by atoms with Gasteiger partial charge in [-0.3, -0.25) is 4.79 Å². The quantitative estimate of drug-likeness (QED) is 0.818. The average Bonchev–Trinajstić information content (AvgIpc) is 2.89. The topological polar surface area (TPSA) is 91.8 Å². The van der Waals surface area contributed by atoms with E-state index in [1.807, 2.05) is 0 Å². The van der Waals surface area contributed by atoms with E-state index in [2.05, 4.69) is 10.3 Å². The van der Waals surface area contributed by atoms with Crippen LogP contribution in [0.2, 0.25) is 0 Å². The van der Waals surface area contributed by atoms with Gasteiger partial charge in [0.05, 0.1) is 19.4 Å². The van der Waals surface area contributed by atoms with Gasteiger partial charge >= 0.3 is 5.97 Å². The molecule has 0 radical (unpaired) electrons. The molecule has 2 N–H and O–H groups in total. The van der Waals surface area contributed by atoms with Gasteiger partial charge in [0.15, 0.2) is 5.13 Å². The van der Waals surface area contributed by atoms with E-state index in [1.54, 1.807) is 4.90 Å². The summed E-state index contributed by atoms with van der Waals surface area (Å²) < 4.78 is 5.18. The predicted octanol–water partition coefficient (Wildman–Crippen LogP) is 0.502. The van der Waals surface area contributed by atoms with Crippen LogP contribution in [0.15, 0.2) is 6.20 Å². The first kappa shape index (κ1) is 13.8. The minimum absolute atomic E-state index is 0.0748. The van der Waals surface area contributed by atoms with Gasteiger partial charge in [0.1, 0.15) is 4.88 Å². The number of aromatic nitrogens is 1. The number of nitrogens with one attached hydrogen (secondary N) is 1. The summed E-state index contributed by atoms with van der Waals surface area (Å²) in [4.78, 5) is 28.4. The van der Waals surface area contributed by atoms with Gasteiger partial charge in [-0.2, -0.15) is 0 Å². The van der Waals surface area contributed by atoms with Gasteiger partial charge in [-0.1, -0.05) is 11.3 Å². The molecule has 1 aliphatic rings. The van der Waals surface area contributed by atoms with Crippen molar-refractivity contribution in [2.24, 2.45) is 0 Å². The average molecular weight is 285 g/mol. The number of carbonyl (C=O) groups is 2. The number of rotatable bonds is 5. The van der Waals surface area contributed by atoms with Gasteiger partial charge in [-0.25, -0.2) is 9.78 Å². The molecule has 0 aromatic carbocycles. The Labute approximate surface area is 114 Å². The number of carboxylic acids is 1. The van der Waals surface area contributed by atoms with E-state index in [1.165, 1.54) is 6.20 Å². The van der Waals surface area contributed by atoms with Crippen LogP contribution in [0.1, 0.15) is 16.1 Å². The molecule has 1 saturated heterocycles. The maximum absolute atomic E-state index is 11.8. The molecule has 1 aliphatic heterocycles. The van der Waals surface area contributed by atoms with Crippen LogP contribution in [0.5, 0.6) is 0 Å². The van der Waals surface area contributed by atoms with Crippen LogP contribution in [-0.2, 0) is 9.53 Å². The van der Waals surface area contributed by atoms with Crippen molar-refractivity contribution in [3.63, 3.8) is 0 Å². The Kier molecular flexibility index (Phi) is 4.69. The summed E-state index contributed by atoms with van der Waals surface area (Å²) in [5.41, 5.74) is 0. The number of aromatic carboxylic acids is 1. The SMILES string of the molecule is O=C(O)c1cnc(NCCC(=O)N2CCOCC2)s1. The molecule has 0 atom stereocenters. The van der Waals surface area contributed by atoms with Gasteiger partial charge in [0.25, 0.3) is 0 Å². The Bertz CT molecular complexity index is 457. The standard InChI is InChI=1S/C11H15N3O4S/c15-9(14-3-5-18-6-4-14)1-2-12-11-13-7-8(19-11)10(16)17/h7H,1-6H2,(H,12,13)(H,16,17). The lowest BCUT2D eigenvalue weighted by molar-refractivity contribution is -0.134. The highest BCUT2D eigenvalue weighted by Gasteiger charge is 2.16. The molecule has 2 heterocycles. The van der Waals surface area contributed by atoms with Crippen LogP contribution in [0, 0.1) is 0 Å². The first-order chi connectivity index (χ1) is 9.16. The minimum Gasteiger partial charge on any atom is -0.477 e. The fourth-order valence-corrected chi connectivity index (χ4v) is 2.38. The summed E-state index contributed by atoms with van der Waals surface area (Å²) >= 11 is 1.06. The summed E-state index contributed by atoms with van der Waals surface area (Å²) in [6.07, 6.45) is 1.67. The van der Waals surface area contributed by atoms with Crippen molar-refractivity contribution in [1.29, 1.82) is 0 Å². The van der Waals surface area contributed by atoms with E-state index in [0.29, 0.717) is 44.4 Å². The van der Waals surface area contributed by atoms with Crippen LogP contribution in [0.25, 0.3) is 0 Å². The van der Waals surface area contributed by atoms with E-state index in [-0.39, 0.29) is 10.8 Å². The van der Waals surface area contributed by atoms with Gasteiger partial charge in [0.2, 0.25) is 5.91 Å². The number of carbonyl (C=O) groups excluding carboxylic acids is 1. The first-order valence-corrected chi connectivity index (χ1v) is 6.77. The lowest BCUT2D eigenvalue weighted by Gasteiger charge is -2.26. The number of anilines is 1. The number of nitrogens with zero attached hydrogens (tertiary/aromatic N) is 2. The molecule has 0 aliphatic carbocycles. The van der Waals surface area contributed by atoms with Crippen molar-refractivity contribution in [3.05, 3.63) is 11.1 Å². The van der Waals surface area contributed by atoms with Crippen molar-refractivity contribution >= 4 is 28.3 Å². The molecule has 2 rings (SSSR count). The molecular weight excluding hydrogens is 270 g/mol. The number of carboxylic acid groups (broad SMARTS) is 1. The Morgan fingerprint density at radius 3 is 2.84 bits per heavy atom. The monoisotopic (exact) mass is 285 g/mol. The third-order valence-electron chi connectivity index (χ3n) is 2.70. The number of thiazole rings is 1. The van der Waals surface area contributed by atoms with Crippen molar-refractivity contribution in [2.75, 3.05) is 38.2 Å². The molecule has 104 valence electrons. The van der Waals surface area contributed by atoms with E-state index >= 15 is 0 Å². The van der Waals surface area contributed by atoms with Gasteiger partial charge in [-0.15, -0.1) is 0 Å². The maximum atomic E-state index is 11.8. The molecule has 1 amide bonds. The van der Waals surface area contributed by atoms with Crippen LogP contribution in [-0.4, -0.2) is 59.7 Å². The van der Waals surface area contributed by atoms with Crippen molar-refractivity contribution in [2.45, 2.75) is 6.42 Å². The second-order valence-corrected chi connectivity index (χ2v) is 5.04. The highest BCUT2D eigenvalue weighted by Crippen LogP contribution is 2.17. The zero-order valence-electron chi connectivity index (χ0n) is 10.3. The number of ether oxygens (including phenoxy) is 1. The smallest absolute Gasteiger partial charge is 0.347 e. The summed E-state index contributed by atoms with van der Waals surface area (Å²) in [7, 11) is 0. The summed E-state index contributed by atoms with van der Waals surface area (Å²) in [5, 5.41) is 12.2. The number of hydrogen-bond donors (Lipinski definition) is 2. The third-order valence-corrected chi connectivity index (χ3v) is 3.64. The Morgan fingerprint density at radius 2 is 2.21 bits per heavy atom. The fourth-order valence-electron chi connectivity index (χ4n) is 1.70. The number of amides is 1. The number of morpholine rings is 1. The predicted molar refractivity (Wildman–Crippen MR) is 69.6 cm³/mol. The second kappa shape index (κ2) is 6.48. The van der Waals surface area contributed by atoms with Gasteiger partial charge in [-0.05, 0) is 0 Å². The number of hydrogen-bond acceptors (Lipinski definition) is 6. The van der Waals surface area contributed by atoms with E-state index in [0.717, 1.165) is 11.3 Å². The van der Waals surface area contributed by atoms with Gasteiger partial charge in [0, 0.05) is 26.1 Å². The van der Waals surface area contributed by atoms with Gasteiger partial charge < -0.3 is 20.1 Å². The largest absolute Gasteiger partial charge is 0.477 e. The van der Waals surface area contributed by atoms with Crippen LogP contribution in [0.4, 0.5) is 5.13 Å². The van der Waals surface area contributed by atoms with Crippen molar-refractivity contribution in [3.8, 4) is 0 Å². The zero-order valence-corrected chi connectivity index (χ0v) is 11.1. The molecule has 8 heteroatoms. The van der Waals surface area contributed by atoms with E-state index < -0.39 is 5.97 Å². The molecule has 0 bridgehead atoms. The lowest BCUT2D eigenvalue weighted by Crippen LogP contribution is -2.41.